The molecule has 0 aliphatic rings. The SMILES string of the molecule is COc1ccc2[nH]cc(CNN)c2c1. The van der Waals surface area contributed by atoms with E-state index in [4.69, 9.17) is 10.6 Å². The van der Waals surface area contributed by atoms with Crippen molar-refractivity contribution >= 4 is 10.9 Å². The Morgan fingerprint density at radius 1 is 1.50 bits per heavy atom. The molecule has 0 saturated carbocycles. The summed E-state index contributed by atoms with van der Waals surface area (Å²) in [5.74, 6) is 6.14. The molecule has 0 fully saturated rings. The number of nitrogens with one attached hydrogen (secondary N) is 2. The number of H-pyrrole nitrogens is 1. The number of hydrogen-bond acceptors (Lipinski definition) is 3. The Morgan fingerprint density at radius 3 is 3.07 bits per heavy atom. The molecule has 0 spiro atoms. The summed E-state index contributed by atoms with van der Waals surface area (Å²) in [6.45, 7) is 0.646. The van der Waals surface area contributed by atoms with Crippen molar-refractivity contribution in [3.05, 3.63) is 30.0 Å². The van der Waals surface area contributed by atoms with Gasteiger partial charge >= 0.3 is 0 Å². The second kappa shape index (κ2) is 3.69. The molecule has 14 heavy (non-hydrogen) atoms. The van der Waals surface area contributed by atoms with E-state index < -0.39 is 0 Å². The van der Waals surface area contributed by atoms with E-state index in [1.54, 1.807) is 7.11 Å². The van der Waals surface area contributed by atoms with Crippen LogP contribution in [0.25, 0.3) is 10.9 Å². The molecule has 4 heteroatoms. The molecule has 0 atom stereocenters. The van der Waals surface area contributed by atoms with Crippen molar-refractivity contribution in [3.8, 4) is 5.75 Å². The molecule has 0 radical (unpaired) electrons. The van der Waals surface area contributed by atoms with Crippen LogP contribution >= 0.6 is 0 Å². The summed E-state index contributed by atoms with van der Waals surface area (Å²) in [5.41, 5.74) is 4.87. The molecule has 0 aliphatic carbocycles. The van der Waals surface area contributed by atoms with Crippen molar-refractivity contribution in [3.63, 3.8) is 0 Å². The van der Waals surface area contributed by atoms with E-state index in [1.807, 2.05) is 24.4 Å². The van der Waals surface area contributed by atoms with E-state index in [2.05, 4.69) is 10.4 Å². The molecule has 0 unspecified atom stereocenters. The highest BCUT2D eigenvalue weighted by atomic mass is 16.5. The Labute approximate surface area is 82.0 Å². The van der Waals surface area contributed by atoms with Crippen molar-refractivity contribution in [1.29, 1.82) is 0 Å². The van der Waals surface area contributed by atoms with Crippen LogP contribution in [0.1, 0.15) is 5.56 Å². The van der Waals surface area contributed by atoms with Gasteiger partial charge in [0, 0.05) is 23.6 Å². The minimum Gasteiger partial charge on any atom is -0.497 e. The maximum Gasteiger partial charge on any atom is 0.119 e. The lowest BCUT2D eigenvalue weighted by Crippen LogP contribution is -2.20. The van der Waals surface area contributed by atoms with E-state index in [9.17, 15) is 0 Å². The Kier molecular flexibility index (Phi) is 2.39. The molecule has 0 amide bonds. The van der Waals surface area contributed by atoms with Crippen molar-refractivity contribution in [2.75, 3.05) is 7.11 Å². The topological polar surface area (TPSA) is 63.1 Å². The third kappa shape index (κ3) is 1.45. The molecule has 2 rings (SSSR count). The molecule has 2 aromatic rings. The summed E-state index contributed by atoms with van der Waals surface area (Å²) in [5, 5.41) is 1.14. The molecule has 0 saturated heterocycles. The fourth-order valence-corrected chi connectivity index (χ4v) is 1.54. The highest BCUT2D eigenvalue weighted by molar-refractivity contribution is 5.84. The van der Waals surface area contributed by atoms with Gasteiger partial charge in [0.05, 0.1) is 7.11 Å². The van der Waals surface area contributed by atoms with Crippen LogP contribution in [0.4, 0.5) is 0 Å². The van der Waals surface area contributed by atoms with Gasteiger partial charge in [-0.15, -0.1) is 0 Å². The third-order valence-corrected chi connectivity index (χ3v) is 2.27. The summed E-state index contributed by atoms with van der Waals surface area (Å²) in [6.07, 6.45) is 1.95. The number of aromatic nitrogens is 1. The molecule has 74 valence electrons. The third-order valence-electron chi connectivity index (χ3n) is 2.27. The summed E-state index contributed by atoms with van der Waals surface area (Å²) in [6, 6.07) is 5.92. The molecule has 4 N–H and O–H groups in total. The quantitative estimate of drug-likeness (QED) is 0.503. The van der Waals surface area contributed by atoms with Gasteiger partial charge in [0.1, 0.15) is 5.75 Å². The normalized spacial score (nSPS) is 10.7. The lowest BCUT2D eigenvalue weighted by Gasteiger charge is -2.01. The first-order chi connectivity index (χ1) is 6.85. The van der Waals surface area contributed by atoms with Crippen LogP contribution in [0.2, 0.25) is 0 Å². The highest BCUT2D eigenvalue weighted by Gasteiger charge is 2.03. The van der Waals surface area contributed by atoms with E-state index in [1.165, 1.54) is 0 Å². The predicted octanol–water partition coefficient (Wildman–Crippen LogP) is 1.14. The van der Waals surface area contributed by atoms with E-state index in [-0.39, 0.29) is 0 Å². The average molecular weight is 191 g/mol. The first kappa shape index (κ1) is 9.05. The molecule has 1 aromatic carbocycles. The number of nitrogens with two attached hydrogens (primary N) is 1. The number of hydrazine groups is 1. The minimum atomic E-state index is 0.646. The van der Waals surface area contributed by atoms with Crippen LogP contribution in [-0.4, -0.2) is 12.1 Å². The van der Waals surface area contributed by atoms with Crippen LogP contribution in [0.3, 0.4) is 0 Å². The largest absolute Gasteiger partial charge is 0.497 e. The minimum absolute atomic E-state index is 0.646. The van der Waals surface area contributed by atoms with Gasteiger partial charge < -0.3 is 9.72 Å². The number of aromatic amines is 1. The van der Waals surface area contributed by atoms with Crippen LogP contribution in [0, 0.1) is 0 Å². The van der Waals surface area contributed by atoms with Crippen molar-refractivity contribution in [2.24, 2.45) is 5.84 Å². The highest BCUT2D eigenvalue weighted by Crippen LogP contribution is 2.23. The number of fused-ring (bicyclic) bond motifs is 1. The molecular weight excluding hydrogens is 178 g/mol. The van der Waals surface area contributed by atoms with Gasteiger partial charge in [-0.3, -0.25) is 11.3 Å². The lowest BCUT2D eigenvalue weighted by molar-refractivity contribution is 0.415. The standard InChI is InChI=1S/C10H13N3O/c1-14-8-2-3-10-9(4-8)7(5-12-10)6-13-11/h2-5,12-13H,6,11H2,1H3. The Bertz CT molecular complexity index is 436. The zero-order valence-corrected chi connectivity index (χ0v) is 8.00. The van der Waals surface area contributed by atoms with Crippen molar-refractivity contribution < 1.29 is 4.74 Å². The first-order valence-corrected chi connectivity index (χ1v) is 4.42. The maximum atomic E-state index is 5.29. The summed E-state index contributed by atoms with van der Waals surface area (Å²) < 4.78 is 5.16. The van der Waals surface area contributed by atoms with Crippen LogP contribution in [0.5, 0.6) is 5.75 Å². The van der Waals surface area contributed by atoms with Gasteiger partial charge in [-0.25, -0.2) is 0 Å². The molecule has 1 aromatic heterocycles. The number of ether oxygens (including phenoxy) is 1. The van der Waals surface area contributed by atoms with Crippen LogP contribution in [0.15, 0.2) is 24.4 Å². The van der Waals surface area contributed by atoms with Crippen LogP contribution in [-0.2, 0) is 6.54 Å². The fourth-order valence-electron chi connectivity index (χ4n) is 1.54. The van der Waals surface area contributed by atoms with E-state index in [0.29, 0.717) is 6.54 Å². The molecule has 1 heterocycles. The molecule has 0 bridgehead atoms. The van der Waals surface area contributed by atoms with Gasteiger partial charge in [-0.05, 0) is 23.8 Å². The number of hydrogen-bond donors (Lipinski definition) is 3. The Hall–Kier alpha value is -1.52. The fraction of sp³-hybridized carbons (Fsp3) is 0.200. The Morgan fingerprint density at radius 2 is 2.36 bits per heavy atom. The Balaban J connectivity index is 2.52. The number of methoxy groups -OCH3 is 1. The smallest absolute Gasteiger partial charge is 0.119 e. The van der Waals surface area contributed by atoms with Gasteiger partial charge in [0.2, 0.25) is 0 Å². The average Bonchev–Trinajstić information content (AvgIpc) is 2.61. The van der Waals surface area contributed by atoms with Crippen molar-refractivity contribution in [1.82, 2.24) is 10.4 Å². The zero-order valence-electron chi connectivity index (χ0n) is 8.00. The molecular formula is C10H13N3O. The zero-order chi connectivity index (χ0) is 9.97. The summed E-state index contributed by atoms with van der Waals surface area (Å²) >= 11 is 0. The van der Waals surface area contributed by atoms with Gasteiger partial charge in [0.15, 0.2) is 0 Å². The van der Waals surface area contributed by atoms with E-state index in [0.717, 1.165) is 22.2 Å². The monoisotopic (exact) mass is 191 g/mol. The van der Waals surface area contributed by atoms with Gasteiger partial charge in [0.25, 0.3) is 0 Å². The number of benzene rings is 1. The van der Waals surface area contributed by atoms with Gasteiger partial charge in [-0.2, -0.15) is 0 Å². The second-order valence-electron chi connectivity index (χ2n) is 3.11. The number of rotatable bonds is 3. The maximum absolute atomic E-state index is 5.29. The second-order valence-corrected chi connectivity index (χ2v) is 3.11. The van der Waals surface area contributed by atoms with Gasteiger partial charge in [-0.1, -0.05) is 0 Å². The summed E-state index contributed by atoms with van der Waals surface area (Å²) in [7, 11) is 1.66. The lowest BCUT2D eigenvalue weighted by atomic mass is 10.1. The van der Waals surface area contributed by atoms with Crippen LogP contribution < -0.4 is 16.0 Å². The first-order valence-electron chi connectivity index (χ1n) is 4.42. The molecule has 4 nitrogen and oxygen atoms in total. The predicted molar refractivity (Wildman–Crippen MR) is 55.9 cm³/mol. The molecule has 0 aliphatic heterocycles. The summed E-state index contributed by atoms with van der Waals surface area (Å²) in [4.78, 5) is 3.17. The van der Waals surface area contributed by atoms with Crippen molar-refractivity contribution in [2.45, 2.75) is 6.54 Å². The van der Waals surface area contributed by atoms with E-state index >= 15 is 0 Å².